The van der Waals surface area contributed by atoms with Crippen LogP contribution in [0.5, 0.6) is 0 Å². The van der Waals surface area contributed by atoms with Crippen molar-refractivity contribution in [1.82, 2.24) is 18.7 Å². The fraction of sp³-hybridized carbons (Fsp3) is 0.333. The average Bonchev–Trinajstić information content (AvgIpc) is 2.61. The Morgan fingerprint density at radius 1 is 1.33 bits per heavy atom. The molecule has 0 saturated heterocycles. The molecule has 2 heterocycles. The molecule has 96 valence electrons. The van der Waals surface area contributed by atoms with Gasteiger partial charge in [0.25, 0.3) is 5.56 Å². The molecule has 0 radical (unpaired) electrons. The van der Waals surface area contributed by atoms with Crippen molar-refractivity contribution in [1.29, 1.82) is 0 Å². The Hall–Kier alpha value is -1.90. The van der Waals surface area contributed by atoms with Gasteiger partial charge in [-0.25, -0.2) is 9.78 Å². The van der Waals surface area contributed by atoms with Crippen LogP contribution in [0.2, 0.25) is 0 Å². The summed E-state index contributed by atoms with van der Waals surface area (Å²) in [5.74, 6) is -0.606. The fourth-order valence-corrected chi connectivity index (χ4v) is 2.19. The monoisotopic (exact) mass is 315 g/mol. The Bertz CT molecular complexity index is 769. The molecule has 18 heavy (non-hydrogen) atoms. The second-order valence-electron chi connectivity index (χ2n) is 3.81. The maximum absolute atomic E-state index is 12.0. The number of carbonyl (C=O) groups excluding carboxylic acids is 1. The third kappa shape index (κ3) is 1.67. The van der Waals surface area contributed by atoms with Gasteiger partial charge in [0.05, 0.1) is 0 Å². The van der Waals surface area contributed by atoms with Crippen molar-refractivity contribution >= 4 is 33.0 Å². The first-order chi connectivity index (χ1) is 8.34. The smallest absolute Gasteiger partial charge is 0.332 e. The number of aryl methyl sites for hydroxylation is 1. The van der Waals surface area contributed by atoms with Gasteiger partial charge in [-0.3, -0.25) is 18.7 Å². The summed E-state index contributed by atoms with van der Waals surface area (Å²) in [7, 11) is 2.86. The molecule has 0 saturated carbocycles. The van der Waals surface area contributed by atoms with Gasteiger partial charge in [-0.05, 0) is 15.9 Å². The number of halogens is 1. The van der Waals surface area contributed by atoms with E-state index in [0.717, 1.165) is 4.57 Å². The van der Waals surface area contributed by atoms with Crippen LogP contribution in [0.4, 0.5) is 0 Å². The van der Waals surface area contributed by atoms with E-state index in [-0.39, 0.29) is 22.4 Å². The van der Waals surface area contributed by atoms with Crippen molar-refractivity contribution in [2.24, 2.45) is 19.8 Å². The summed E-state index contributed by atoms with van der Waals surface area (Å²) in [6, 6.07) is 0. The average molecular weight is 316 g/mol. The molecule has 0 spiro atoms. The molecule has 2 aromatic rings. The molecule has 2 aromatic heterocycles. The van der Waals surface area contributed by atoms with Crippen molar-refractivity contribution in [3.05, 3.63) is 25.6 Å². The zero-order valence-corrected chi connectivity index (χ0v) is 11.3. The Morgan fingerprint density at radius 3 is 2.50 bits per heavy atom. The largest absolute Gasteiger partial charge is 0.368 e. The lowest BCUT2D eigenvalue weighted by Crippen LogP contribution is -2.37. The minimum atomic E-state index is -0.606. The summed E-state index contributed by atoms with van der Waals surface area (Å²) in [6.45, 7) is -0.190. The number of hydrogen-bond donors (Lipinski definition) is 1. The van der Waals surface area contributed by atoms with Crippen LogP contribution < -0.4 is 17.0 Å². The summed E-state index contributed by atoms with van der Waals surface area (Å²) >= 11 is 3.14. The first-order valence-electron chi connectivity index (χ1n) is 4.94. The van der Waals surface area contributed by atoms with Gasteiger partial charge in [0.15, 0.2) is 15.9 Å². The molecule has 0 aromatic carbocycles. The van der Waals surface area contributed by atoms with Crippen molar-refractivity contribution in [2.45, 2.75) is 6.54 Å². The van der Waals surface area contributed by atoms with Crippen LogP contribution in [0.15, 0.2) is 14.3 Å². The number of rotatable bonds is 2. The molecule has 0 fully saturated rings. The van der Waals surface area contributed by atoms with Crippen LogP contribution in [0.25, 0.3) is 11.2 Å². The Kier molecular flexibility index (Phi) is 2.85. The Morgan fingerprint density at radius 2 is 1.94 bits per heavy atom. The van der Waals surface area contributed by atoms with Crippen molar-refractivity contribution in [2.75, 3.05) is 0 Å². The van der Waals surface area contributed by atoms with Gasteiger partial charge in [0.2, 0.25) is 5.91 Å². The number of aromatic nitrogens is 4. The van der Waals surface area contributed by atoms with E-state index >= 15 is 0 Å². The highest BCUT2D eigenvalue weighted by Gasteiger charge is 2.18. The number of fused-ring (bicyclic) bond motifs is 1. The predicted molar refractivity (Wildman–Crippen MR) is 67.1 cm³/mol. The van der Waals surface area contributed by atoms with Gasteiger partial charge in [0.1, 0.15) is 6.54 Å². The molecule has 0 aliphatic rings. The van der Waals surface area contributed by atoms with E-state index in [1.807, 2.05) is 0 Å². The first kappa shape index (κ1) is 12.6. The zero-order valence-electron chi connectivity index (χ0n) is 9.68. The van der Waals surface area contributed by atoms with E-state index < -0.39 is 17.2 Å². The topological polar surface area (TPSA) is 105 Å². The highest BCUT2D eigenvalue weighted by molar-refractivity contribution is 9.10. The molecule has 2 rings (SSSR count). The van der Waals surface area contributed by atoms with Crippen molar-refractivity contribution in [3.63, 3.8) is 0 Å². The number of primary amides is 1. The Balaban J connectivity index is 2.99. The molecule has 9 heteroatoms. The summed E-state index contributed by atoms with van der Waals surface area (Å²) in [5, 5.41) is 0. The van der Waals surface area contributed by atoms with Gasteiger partial charge in [-0.1, -0.05) is 0 Å². The van der Waals surface area contributed by atoms with Gasteiger partial charge >= 0.3 is 5.69 Å². The predicted octanol–water partition coefficient (Wildman–Crippen LogP) is -1.32. The minimum absolute atomic E-state index is 0.158. The van der Waals surface area contributed by atoms with Crippen LogP contribution in [-0.2, 0) is 25.4 Å². The molecular formula is C9H10BrN5O3. The first-order valence-corrected chi connectivity index (χ1v) is 5.74. The van der Waals surface area contributed by atoms with E-state index in [4.69, 9.17) is 5.73 Å². The van der Waals surface area contributed by atoms with Gasteiger partial charge in [0, 0.05) is 14.1 Å². The number of hydrogen-bond acceptors (Lipinski definition) is 4. The van der Waals surface area contributed by atoms with Crippen LogP contribution in [0, 0.1) is 0 Å². The number of nitrogens with zero attached hydrogens (tertiary/aromatic N) is 4. The molecule has 0 aliphatic heterocycles. The molecular weight excluding hydrogens is 306 g/mol. The molecule has 1 amide bonds. The molecule has 0 unspecified atom stereocenters. The normalized spacial score (nSPS) is 11.1. The zero-order chi connectivity index (χ0) is 13.6. The summed E-state index contributed by atoms with van der Waals surface area (Å²) < 4.78 is 3.79. The molecule has 8 nitrogen and oxygen atoms in total. The fourth-order valence-electron chi connectivity index (χ4n) is 1.72. The summed E-state index contributed by atoms with van der Waals surface area (Å²) in [5.41, 5.74) is 4.47. The second-order valence-corrected chi connectivity index (χ2v) is 4.52. The van der Waals surface area contributed by atoms with Gasteiger partial charge < -0.3 is 10.3 Å². The van der Waals surface area contributed by atoms with E-state index in [1.165, 1.54) is 23.2 Å². The van der Waals surface area contributed by atoms with Crippen molar-refractivity contribution in [3.8, 4) is 0 Å². The third-order valence-electron chi connectivity index (χ3n) is 2.62. The highest BCUT2D eigenvalue weighted by Crippen LogP contribution is 2.15. The Labute approximate surface area is 109 Å². The minimum Gasteiger partial charge on any atom is -0.368 e. The lowest BCUT2D eigenvalue weighted by Gasteiger charge is -2.05. The van der Waals surface area contributed by atoms with E-state index in [0.29, 0.717) is 0 Å². The molecule has 0 bridgehead atoms. The lowest BCUT2D eigenvalue weighted by molar-refractivity contribution is -0.118. The van der Waals surface area contributed by atoms with Crippen LogP contribution >= 0.6 is 15.9 Å². The highest BCUT2D eigenvalue weighted by atomic mass is 79.9. The summed E-state index contributed by atoms with van der Waals surface area (Å²) in [4.78, 5) is 38.8. The number of nitrogens with two attached hydrogens (primary N) is 1. The van der Waals surface area contributed by atoms with Crippen LogP contribution in [-0.4, -0.2) is 24.6 Å². The van der Waals surface area contributed by atoms with E-state index in [2.05, 4.69) is 20.9 Å². The maximum atomic E-state index is 12.0. The van der Waals surface area contributed by atoms with Gasteiger partial charge in [-0.2, -0.15) is 0 Å². The molecule has 2 N–H and O–H groups in total. The summed E-state index contributed by atoms with van der Waals surface area (Å²) in [6.07, 6.45) is 0. The lowest BCUT2D eigenvalue weighted by atomic mass is 10.5. The quantitative estimate of drug-likeness (QED) is 0.694. The van der Waals surface area contributed by atoms with Crippen LogP contribution in [0.3, 0.4) is 0 Å². The van der Waals surface area contributed by atoms with Crippen LogP contribution in [0.1, 0.15) is 0 Å². The molecule has 0 aliphatic carbocycles. The number of carbonyl (C=O) groups is 1. The second kappa shape index (κ2) is 4.09. The number of imidazole rings is 1. The standard InChI is InChI=1S/C9H10BrN5O3/c1-13-6-5(7(17)14(2)9(13)18)15(3-4(11)16)8(10)12-6/h3H2,1-2H3,(H2,11,16). The van der Waals surface area contributed by atoms with Gasteiger partial charge in [-0.15, -0.1) is 0 Å². The van der Waals surface area contributed by atoms with Crippen molar-refractivity contribution < 1.29 is 4.79 Å². The maximum Gasteiger partial charge on any atom is 0.332 e. The SMILES string of the molecule is Cn1c(=O)c2c(nc(Br)n2CC(N)=O)n(C)c1=O. The number of amides is 1. The van der Waals surface area contributed by atoms with E-state index in [9.17, 15) is 14.4 Å². The molecule has 0 atom stereocenters. The third-order valence-corrected chi connectivity index (χ3v) is 3.22. The van der Waals surface area contributed by atoms with E-state index in [1.54, 1.807) is 0 Å².